The molecule has 0 bridgehead atoms. The highest BCUT2D eigenvalue weighted by Crippen LogP contribution is 2.07. The summed E-state index contributed by atoms with van der Waals surface area (Å²) in [6, 6.07) is 9.75. The Kier molecular flexibility index (Phi) is 3.94. The van der Waals surface area contributed by atoms with Gasteiger partial charge < -0.3 is 5.32 Å². The van der Waals surface area contributed by atoms with Crippen LogP contribution in [0.15, 0.2) is 46.7 Å². The largest absolute Gasteiger partial charge is 0.350 e. The smallest absolute Gasteiger partial charge is 0.315 e. The first-order chi connectivity index (χ1) is 9.84. The number of nitrogens with one attached hydrogen (secondary N) is 1. The van der Waals surface area contributed by atoms with Crippen molar-refractivity contribution in [3.05, 3.63) is 57.3 Å². The van der Waals surface area contributed by atoms with Crippen LogP contribution in [0.2, 0.25) is 0 Å². The highest BCUT2D eigenvalue weighted by atomic mass is 32.1. The normalized spacial score (nSPS) is 11.2. The quantitative estimate of drug-likeness (QED) is 0.697. The van der Waals surface area contributed by atoms with Crippen molar-refractivity contribution in [2.75, 3.05) is 13.1 Å². The fraction of sp³-hybridized carbons (Fsp3) is 0.286. The van der Waals surface area contributed by atoms with E-state index in [4.69, 9.17) is 0 Å². The van der Waals surface area contributed by atoms with Gasteiger partial charge >= 0.3 is 5.69 Å². The first-order valence-electron chi connectivity index (χ1n) is 6.62. The zero-order valence-electron chi connectivity index (χ0n) is 11.0. The fourth-order valence-electron chi connectivity index (χ4n) is 2.09. The van der Waals surface area contributed by atoms with E-state index >= 15 is 0 Å². The minimum absolute atomic E-state index is 0.0827. The van der Waals surface area contributed by atoms with E-state index in [1.807, 2.05) is 18.2 Å². The minimum atomic E-state index is -0.0827. The first-order valence-corrected chi connectivity index (χ1v) is 7.50. The van der Waals surface area contributed by atoms with Crippen LogP contribution >= 0.6 is 11.3 Å². The van der Waals surface area contributed by atoms with E-state index in [-0.39, 0.29) is 5.69 Å². The molecule has 0 aliphatic rings. The van der Waals surface area contributed by atoms with Crippen LogP contribution in [-0.4, -0.2) is 27.3 Å². The Labute approximate surface area is 120 Å². The first kappa shape index (κ1) is 13.1. The maximum atomic E-state index is 12.0. The molecule has 0 saturated carbocycles. The van der Waals surface area contributed by atoms with Crippen LogP contribution in [0.1, 0.15) is 4.88 Å². The van der Waals surface area contributed by atoms with Crippen molar-refractivity contribution >= 4 is 17.0 Å². The van der Waals surface area contributed by atoms with Gasteiger partial charge in [-0.15, -0.1) is 16.4 Å². The summed E-state index contributed by atoms with van der Waals surface area (Å²) in [6.45, 7) is 2.25. The van der Waals surface area contributed by atoms with Crippen LogP contribution in [0.3, 0.4) is 0 Å². The molecule has 20 heavy (non-hydrogen) atoms. The van der Waals surface area contributed by atoms with Crippen molar-refractivity contribution in [2.45, 2.75) is 13.0 Å². The lowest BCUT2D eigenvalue weighted by Crippen LogP contribution is -2.28. The maximum absolute atomic E-state index is 12.0. The van der Waals surface area contributed by atoms with E-state index in [2.05, 4.69) is 27.9 Å². The van der Waals surface area contributed by atoms with Crippen LogP contribution in [0.25, 0.3) is 5.65 Å². The Hall–Kier alpha value is -1.92. The van der Waals surface area contributed by atoms with Gasteiger partial charge in [-0.2, -0.15) is 0 Å². The number of aromatic nitrogens is 3. The average molecular weight is 288 g/mol. The minimum Gasteiger partial charge on any atom is -0.315 e. The van der Waals surface area contributed by atoms with Gasteiger partial charge in [-0.1, -0.05) is 12.1 Å². The summed E-state index contributed by atoms with van der Waals surface area (Å²) in [6.07, 6.45) is 2.77. The average Bonchev–Trinajstić information content (AvgIpc) is 3.08. The molecule has 3 heterocycles. The van der Waals surface area contributed by atoms with Crippen LogP contribution in [-0.2, 0) is 13.0 Å². The van der Waals surface area contributed by atoms with Crippen molar-refractivity contribution in [1.82, 2.24) is 19.5 Å². The predicted molar refractivity (Wildman–Crippen MR) is 80.3 cm³/mol. The van der Waals surface area contributed by atoms with Crippen molar-refractivity contribution in [2.24, 2.45) is 0 Å². The van der Waals surface area contributed by atoms with Gasteiger partial charge in [0.05, 0.1) is 6.54 Å². The molecule has 0 atom stereocenters. The highest BCUT2D eigenvalue weighted by Gasteiger charge is 2.04. The Morgan fingerprint density at radius 1 is 1.20 bits per heavy atom. The highest BCUT2D eigenvalue weighted by molar-refractivity contribution is 7.09. The third-order valence-electron chi connectivity index (χ3n) is 3.12. The second-order valence-corrected chi connectivity index (χ2v) is 5.55. The van der Waals surface area contributed by atoms with Crippen LogP contribution in [0.5, 0.6) is 0 Å². The number of hydrogen-bond acceptors (Lipinski definition) is 4. The number of pyridine rings is 1. The molecule has 0 aliphatic heterocycles. The van der Waals surface area contributed by atoms with E-state index < -0.39 is 0 Å². The molecule has 0 fully saturated rings. The molecular weight excluding hydrogens is 272 g/mol. The molecule has 1 N–H and O–H groups in total. The molecule has 3 aromatic rings. The van der Waals surface area contributed by atoms with Crippen molar-refractivity contribution in [1.29, 1.82) is 0 Å². The lowest BCUT2D eigenvalue weighted by Gasteiger charge is -2.02. The molecule has 0 amide bonds. The Bertz CT molecular complexity index is 729. The van der Waals surface area contributed by atoms with E-state index in [1.54, 1.807) is 21.9 Å². The Balaban J connectivity index is 1.52. The van der Waals surface area contributed by atoms with E-state index in [0.717, 1.165) is 19.5 Å². The standard InChI is InChI=1S/C14H16N4OS/c19-14-17-9-2-1-5-13(17)16-18(14)10-8-15-7-6-12-4-3-11-20-12/h1-5,9,11,15H,6-8,10H2. The third-order valence-corrected chi connectivity index (χ3v) is 4.05. The molecule has 0 radical (unpaired) electrons. The van der Waals surface area contributed by atoms with E-state index in [0.29, 0.717) is 12.2 Å². The molecule has 0 saturated heterocycles. The summed E-state index contributed by atoms with van der Waals surface area (Å²) in [5.74, 6) is 0. The molecule has 6 heteroatoms. The van der Waals surface area contributed by atoms with Gasteiger partial charge in [0.2, 0.25) is 0 Å². The van der Waals surface area contributed by atoms with Gasteiger partial charge in [0.1, 0.15) is 0 Å². The summed E-state index contributed by atoms with van der Waals surface area (Å²) in [5.41, 5.74) is 0.608. The van der Waals surface area contributed by atoms with Gasteiger partial charge in [-0.05, 0) is 30.0 Å². The van der Waals surface area contributed by atoms with Crippen LogP contribution in [0.4, 0.5) is 0 Å². The molecule has 0 aliphatic carbocycles. The summed E-state index contributed by atoms with van der Waals surface area (Å²) in [4.78, 5) is 13.4. The second-order valence-electron chi connectivity index (χ2n) is 4.51. The van der Waals surface area contributed by atoms with Crippen LogP contribution < -0.4 is 11.0 Å². The Morgan fingerprint density at radius 3 is 2.95 bits per heavy atom. The fourth-order valence-corrected chi connectivity index (χ4v) is 2.80. The summed E-state index contributed by atoms with van der Waals surface area (Å²) >= 11 is 1.77. The number of hydrogen-bond donors (Lipinski definition) is 1. The van der Waals surface area contributed by atoms with Gasteiger partial charge in [-0.25, -0.2) is 9.48 Å². The number of nitrogens with zero attached hydrogens (tertiary/aromatic N) is 3. The lowest BCUT2D eigenvalue weighted by atomic mass is 10.3. The summed E-state index contributed by atoms with van der Waals surface area (Å²) in [5, 5.41) is 9.72. The third kappa shape index (κ3) is 2.81. The topological polar surface area (TPSA) is 51.3 Å². The molecule has 3 aromatic heterocycles. The molecule has 104 valence electrons. The predicted octanol–water partition coefficient (Wildman–Crippen LogP) is 1.39. The Morgan fingerprint density at radius 2 is 2.15 bits per heavy atom. The molecule has 0 aromatic carbocycles. The number of thiophene rings is 1. The van der Waals surface area contributed by atoms with Gasteiger partial charge in [-0.3, -0.25) is 4.40 Å². The van der Waals surface area contributed by atoms with E-state index in [1.165, 1.54) is 9.56 Å². The van der Waals surface area contributed by atoms with Crippen molar-refractivity contribution in [3.63, 3.8) is 0 Å². The van der Waals surface area contributed by atoms with Gasteiger partial charge in [0.15, 0.2) is 5.65 Å². The maximum Gasteiger partial charge on any atom is 0.350 e. The molecule has 5 nitrogen and oxygen atoms in total. The monoisotopic (exact) mass is 288 g/mol. The summed E-state index contributed by atoms with van der Waals surface area (Å²) in [7, 11) is 0. The van der Waals surface area contributed by atoms with Gasteiger partial charge in [0, 0.05) is 24.2 Å². The molecule has 0 spiro atoms. The molecule has 3 rings (SSSR count). The number of rotatable bonds is 6. The molecule has 0 unspecified atom stereocenters. The lowest BCUT2D eigenvalue weighted by molar-refractivity contribution is 0.543. The van der Waals surface area contributed by atoms with Gasteiger partial charge in [0.25, 0.3) is 0 Å². The molecular formula is C14H16N4OS. The zero-order valence-corrected chi connectivity index (χ0v) is 11.8. The second kappa shape index (κ2) is 6.02. The van der Waals surface area contributed by atoms with Crippen molar-refractivity contribution < 1.29 is 0 Å². The van der Waals surface area contributed by atoms with Crippen LogP contribution in [0, 0.1) is 0 Å². The zero-order chi connectivity index (χ0) is 13.8. The van der Waals surface area contributed by atoms with Crippen molar-refractivity contribution in [3.8, 4) is 0 Å². The van der Waals surface area contributed by atoms with E-state index in [9.17, 15) is 4.79 Å². The number of fused-ring (bicyclic) bond motifs is 1. The summed E-state index contributed by atoms with van der Waals surface area (Å²) < 4.78 is 3.07. The SMILES string of the molecule is O=c1n(CCNCCc2cccs2)nc2ccccn12.